The van der Waals surface area contributed by atoms with Gasteiger partial charge in [-0.3, -0.25) is 14.4 Å². The van der Waals surface area contributed by atoms with Gasteiger partial charge in [-0.05, 0) is 30.5 Å². The van der Waals surface area contributed by atoms with Crippen molar-refractivity contribution < 1.29 is 14.0 Å². The second-order valence-corrected chi connectivity index (χ2v) is 7.35. The van der Waals surface area contributed by atoms with Crippen LogP contribution >= 0.6 is 0 Å². The fourth-order valence-corrected chi connectivity index (χ4v) is 4.17. The SMILES string of the molecule is O=C(CCC(=O)N1C[C@@H]2C[C@H](C1)c1cccc(=O)n1C2)NCc1ccco1. The third-order valence-electron chi connectivity index (χ3n) is 5.44. The van der Waals surface area contributed by atoms with Crippen LogP contribution in [0.25, 0.3) is 0 Å². The van der Waals surface area contributed by atoms with Crippen molar-refractivity contribution in [3.05, 3.63) is 58.4 Å². The van der Waals surface area contributed by atoms with Gasteiger partial charge in [0.15, 0.2) is 0 Å². The molecule has 2 aromatic heterocycles. The number of piperidine rings is 1. The maximum Gasteiger partial charge on any atom is 0.250 e. The van der Waals surface area contributed by atoms with Crippen LogP contribution < -0.4 is 10.9 Å². The minimum atomic E-state index is -0.158. The fraction of sp³-hybridized carbons (Fsp3) is 0.450. The van der Waals surface area contributed by atoms with E-state index in [1.54, 1.807) is 30.5 Å². The second kappa shape index (κ2) is 7.42. The first-order chi connectivity index (χ1) is 13.1. The smallest absolute Gasteiger partial charge is 0.250 e. The van der Waals surface area contributed by atoms with Crippen LogP contribution in [-0.4, -0.2) is 34.4 Å². The highest BCUT2D eigenvalue weighted by molar-refractivity contribution is 5.83. The molecule has 0 spiro atoms. The van der Waals surface area contributed by atoms with Crippen LogP contribution in [-0.2, 0) is 22.7 Å². The summed E-state index contributed by atoms with van der Waals surface area (Å²) in [6.07, 6.45) is 2.94. The van der Waals surface area contributed by atoms with E-state index in [9.17, 15) is 14.4 Å². The van der Waals surface area contributed by atoms with E-state index in [-0.39, 0.29) is 36.1 Å². The number of pyridine rings is 1. The molecule has 1 fully saturated rings. The summed E-state index contributed by atoms with van der Waals surface area (Å²) in [6.45, 7) is 2.27. The molecule has 7 nitrogen and oxygen atoms in total. The molecule has 4 heterocycles. The van der Waals surface area contributed by atoms with Gasteiger partial charge in [0, 0.05) is 50.2 Å². The maximum atomic E-state index is 12.6. The molecule has 2 amide bonds. The zero-order valence-corrected chi connectivity index (χ0v) is 15.1. The number of carbonyl (C=O) groups excluding carboxylic acids is 2. The van der Waals surface area contributed by atoms with Crippen LogP contribution in [0.2, 0.25) is 0 Å². The summed E-state index contributed by atoms with van der Waals surface area (Å²) in [4.78, 5) is 38.5. The molecular formula is C20H23N3O4. The van der Waals surface area contributed by atoms with E-state index in [4.69, 9.17) is 4.42 Å². The molecule has 2 atom stereocenters. The predicted octanol–water partition coefficient (Wildman–Crippen LogP) is 1.48. The van der Waals surface area contributed by atoms with Gasteiger partial charge in [-0.1, -0.05) is 6.07 Å². The minimum absolute atomic E-state index is 0.00424. The van der Waals surface area contributed by atoms with E-state index >= 15 is 0 Å². The summed E-state index contributed by atoms with van der Waals surface area (Å²) >= 11 is 0. The standard InChI is InChI=1S/C20H23N3O4/c24-18(21-10-16-3-2-8-27-16)6-7-19(25)22-11-14-9-15(13-22)17-4-1-5-20(26)23(17)12-14/h1-5,8,14-15H,6-7,9-13H2,(H,21,24)/t14-,15+/m0/s1. The monoisotopic (exact) mass is 369 g/mol. The molecule has 1 saturated heterocycles. The molecule has 4 rings (SSSR count). The van der Waals surface area contributed by atoms with Gasteiger partial charge in [-0.25, -0.2) is 0 Å². The highest BCUT2D eigenvalue weighted by atomic mass is 16.3. The quantitative estimate of drug-likeness (QED) is 0.865. The van der Waals surface area contributed by atoms with E-state index < -0.39 is 0 Å². The Morgan fingerprint density at radius 1 is 1.11 bits per heavy atom. The normalized spacial score (nSPS) is 20.8. The Kier molecular flexibility index (Phi) is 4.83. The van der Waals surface area contributed by atoms with Gasteiger partial charge < -0.3 is 19.2 Å². The third-order valence-corrected chi connectivity index (χ3v) is 5.44. The molecule has 0 aliphatic carbocycles. The number of nitrogens with zero attached hydrogens (tertiary/aromatic N) is 2. The van der Waals surface area contributed by atoms with Crippen molar-refractivity contribution in [2.45, 2.75) is 38.3 Å². The number of rotatable bonds is 5. The maximum absolute atomic E-state index is 12.6. The summed E-state index contributed by atoms with van der Waals surface area (Å²) in [6, 6.07) is 8.93. The molecule has 2 aliphatic heterocycles. The summed E-state index contributed by atoms with van der Waals surface area (Å²) < 4.78 is 7.02. The van der Waals surface area contributed by atoms with E-state index in [1.165, 1.54) is 0 Å². The van der Waals surface area contributed by atoms with Crippen molar-refractivity contribution >= 4 is 11.8 Å². The van der Waals surface area contributed by atoms with Crippen molar-refractivity contribution in [1.29, 1.82) is 0 Å². The zero-order chi connectivity index (χ0) is 18.8. The Bertz CT molecular complexity index is 887. The average Bonchev–Trinajstić information content (AvgIpc) is 3.19. The Hall–Kier alpha value is -2.83. The van der Waals surface area contributed by atoms with Crippen molar-refractivity contribution in [2.24, 2.45) is 5.92 Å². The lowest BCUT2D eigenvalue weighted by atomic mass is 9.83. The number of likely N-dealkylation sites (tertiary alicyclic amines) is 1. The van der Waals surface area contributed by atoms with Crippen LogP contribution in [0.15, 0.2) is 45.8 Å². The molecule has 0 saturated carbocycles. The van der Waals surface area contributed by atoms with Gasteiger partial charge >= 0.3 is 0 Å². The van der Waals surface area contributed by atoms with Crippen molar-refractivity contribution in [3.63, 3.8) is 0 Å². The number of amides is 2. The molecule has 2 bridgehead atoms. The van der Waals surface area contributed by atoms with E-state index in [1.807, 2.05) is 15.5 Å². The molecule has 2 aliphatic rings. The first-order valence-corrected chi connectivity index (χ1v) is 9.37. The molecule has 27 heavy (non-hydrogen) atoms. The van der Waals surface area contributed by atoms with Gasteiger partial charge in [0.2, 0.25) is 11.8 Å². The van der Waals surface area contributed by atoms with E-state index in [0.717, 1.165) is 12.1 Å². The second-order valence-electron chi connectivity index (χ2n) is 7.35. The van der Waals surface area contributed by atoms with Gasteiger partial charge in [-0.15, -0.1) is 0 Å². The van der Waals surface area contributed by atoms with Crippen molar-refractivity contribution in [3.8, 4) is 0 Å². The van der Waals surface area contributed by atoms with Gasteiger partial charge in [0.05, 0.1) is 12.8 Å². The fourth-order valence-electron chi connectivity index (χ4n) is 4.17. The Labute approximate surface area is 157 Å². The number of hydrogen-bond donors (Lipinski definition) is 1. The van der Waals surface area contributed by atoms with Crippen LogP contribution in [0.3, 0.4) is 0 Å². The molecule has 1 N–H and O–H groups in total. The molecular weight excluding hydrogens is 346 g/mol. The number of fused-ring (bicyclic) bond motifs is 4. The average molecular weight is 369 g/mol. The highest BCUT2D eigenvalue weighted by Gasteiger charge is 2.36. The Morgan fingerprint density at radius 2 is 2.00 bits per heavy atom. The lowest BCUT2D eigenvalue weighted by molar-refractivity contribution is -0.136. The lowest BCUT2D eigenvalue weighted by Crippen LogP contribution is -2.49. The van der Waals surface area contributed by atoms with Crippen molar-refractivity contribution in [2.75, 3.05) is 13.1 Å². The number of hydrogen-bond acceptors (Lipinski definition) is 4. The van der Waals surface area contributed by atoms with E-state index in [2.05, 4.69) is 5.32 Å². The summed E-state index contributed by atoms with van der Waals surface area (Å²) in [7, 11) is 0. The molecule has 2 aromatic rings. The first kappa shape index (κ1) is 17.6. The molecule has 0 unspecified atom stereocenters. The van der Waals surface area contributed by atoms with Crippen molar-refractivity contribution in [1.82, 2.24) is 14.8 Å². The minimum Gasteiger partial charge on any atom is -0.467 e. The summed E-state index contributed by atoms with van der Waals surface area (Å²) in [5.41, 5.74) is 1.06. The topological polar surface area (TPSA) is 84.5 Å². The number of furan rings is 1. The largest absolute Gasteiger partial charge is 0.467 e. The molecule has 0 aromatic carbocycles. The lowest BCUT2D eigenvalue weighted by Gasteiger charge is -2.42. The summed E-state index contributed by atoms with van der Waals surface area (Å²) in [5, 5.41) is 2.76. The molecule has 0 radical (unpaired) electrons. The summed E-state index contributed by atoms with van der Waals surface area (Å²) in [5.74, 6) is 1.03. The predicted molar refractivity (Wildman–Crippen MR) is 97.9 cm³/mol. The van der Waals surface area contributed by atoms with Crippen LogP contribution in [0.4, 0.5) is 0 Å². The van der Waals surface area contributed by atoms with Gasteiger partial charge in [-0.2, -0.15) is 0 Å². The van der Waals surface area contributed by atoms with Crippen LogP contribution in [0.1, 0.15) is 36.6 Å². The first-order valence-electron chi connectivity index (χ1n) is 9.37. The van der Waals surface area contributed by atoms with Gasteiger partial charge in [0.25, 0.3) is 5.56 Å². The van der Waals surface area contributed by atoms with E-state index in [0.29, 0.717) is 37.9 Å². The Morgan fingerprint density at radius 3 is 2.81 bits per heavy atom. The number of aromatic nitrogens is 1. The molecule has 7 heteroatoms. The molecule has 142 valence electrons. The van der Waals surface area contributed by atoms with Crippen LogP contribution in [0.5, 0.6) is 0 Å². The Balaban J connectivity index is 1.31. The van der Waals surface area contributed by atoms with Gasteiger partial charge in [0.1, 0.15) is 5.76 Å². The number of nitrogens with one attached hydrogen (secondary N) is 1. The highest BCUT2D eigenvalue weighted by Crippen LogP contribution is 2.35. The third kappa shape index (κ3) is 3.82. The zero-order valence-electron chi connectivity index (χ0n) is 15.1. The number of carbonyl (C=O) groups is 2. The van der Waals surface area contributed by atoms with Crippen LogP contribution in [0, 0.1) is 5.92 Å².